The van der Waals surface area contributed by atoms with Crippen LogP contribution in [-0.4, -0.2) is 24.3 Å². The van der Waals surface area contributed by atoms with E-state index in [9.17, 15) is 9.90 Å². The zero-order valence-corrected chi connectivity index (χ0v) is 9.03. The second-order valence-corrected chi connectivity index (χ2v) is 3.28. The number of rotatable bonds is 7. The first kappa shape index (κ1) is 13.2. The minimum Gasteiger partial charge on any atom is -0.469 e. The third-order valence-electron chi connectivity index (χ3n) is 1.93. The van der Waals surface area contributed by atoms with Crippen molar-refractivity contribution in [3.05, 3.63) is 12.2 Å². The standard InChI is InChI=1S/C11H20O3/c1-3-4-5-6-7-8-10(12)9-11(13)14-2/h6-7,10,12H,3-5,8-9H2,1-2H3/b7-6+/t10-/m0/s1. The average molecular weight is 200 g/mol. The highest BCUT2D eigenvalue weighted by atomic mass is 16.5. The molecule has 0 radical (unpaired) electrons. The predicted octanol–water partition coefficient (Wildman–Crippen LogP) is 2.05. The van der Waals surface area contributed by atoms with Crippen molar-refractivity contribution in [1.29, 1.82) is 0 Å². The van der Waals surface area contributed by atoms with Crippen LogP contribution in [0.4, 0.5) is 0 Å². The van der Waals surface area contributed by atoms with Gasteiger partial charge in [-0.25, -0.2) is 0 Å². The van der Waals surface area contributed by atoms with Gasteiger partial charge in [-0.3, -0.25) is 4.79 Å². The number of esters is 1. The van der Waals surface area contributed by atoms with Gasteiger partial charge >= 0.3 is 5.97 Å². The van der Waals surface area contributed by atoms with Gasteiger partial charge in [-0.15, -0.1) is 0 Å². The Morgan fingerprint density at radius 1 is 1.50 bits per heavy atom. The molecule has 0 fully saturated rings. The first-order chi connectivity index (χ1) is 6.70. The van der Waals surface area contributed by atoms with Gasteiger partial charge in [-0.05, 0) is 12.8 Å². The van der Waals surface area contributed by atoms with Crippen LogP contribution in [0, 0.1) is 0 Å². The van der Waals surface area contributed by atoms with Crippen molar-refractivity contribution in [2.24, 2.45) is 0 Å². The van der Waals surface area contributed by atoms with Crippen molar-refractivity contribution in [3.63, 3.8) is 0 Å². The smallest absolute Gasteiger partial charge is 0.308 e. The van der Waals surface area contributed by atoms with E-state index in [-0.39, 0.29) is 12.4 Å². The number of hydrogen-bond donors (Lipinski definition) is 1. The largest absolute Gasteiger partial charge is 0.469 e. The SMILES string of the molecule is CCCC/C=C/C[C@H](O)CC(=O)OC. The number of unbranched alkanes of at least 4 members (excludes halogenated alkanes) is 2. The van der Waals surface area contributed by atoms with Gasteiger partial charge in [0, 0.05) is 0 Å². The number of carbonyl (C=O) groups excluding carboxylic acids is 1. The number of aliphatic hydroxyl groups is 1. The highest BCUT2D eigenvalue weighted by Crippen LogP contribution is 2.02. The van der Waals surface area contributed by atoms with Crippen LogP contribution in [0.1, 0.15) is 39.0 Å². The summed E-state index contributed by atoms with van der Waals surface area (Å²) in [7, 11) is 1.33. The fraction of sp³-hybridized carbons (Fsp3) is 0.727. The number of methoxy groups -OCH3 is 1. The number of aliphatic hydroxyl groups excluding tert-OH is 1. The lowest BCUT2D eigenvalue weighted by atomic mass is 10.1. The number of ether oxygens (including phenoxy) is 1. The molecule has 1 N–H and O–H groups in total. The Balaban J connectivity index is 3.47. The molecule has 0 rings (SSSR count). The summed E-state index contributed by atoms with van der Waals surface area (Å²) >= 11 is 0. The van der Waals surface area contributed by atoms with Crippen LogP contribution in [0.2, 0.25) is 0 Å². The van der Waals surface area contributed by atoms with Gasteiger partial charge in [0.1, 0.15) is 0 Å². The maximum atomic E-state index is 10.8. The van der Waals surface area contributed by atoms with Crippen molar-refractivity contribution in [2.45, 2.75) is 45.1 Å². The Kier molecular flexibility index (Phi) is 8.24. The molecular formula is C11H20O3. The monoisotopic (exact) mass is 200 g/mol. The van der Waals surface area contributed by atoms with E-state index in [2.05, 4.69) is 11.7 Å². The molecule has 0 unspecified atom stereocenters. The predicted molar refractivity (Wildman–Crippen MR) is 55.9 cm³/mol. The Hall–Kier alpha value is -0.830. The molecule has 0 spiro atoms. The summed E-state index contributed by atoms with van der Waals surface area (Å²) in [4.78, 5) is 10.8. The lowest BCUT2D eigenvalue weighted by Gasteiger charge is -2.05. The van der Waals surface area contributed by atoms with Gasteiger partial charge in [0.05, 0.1) is 19.6 Å². The van der Waals surface area contributed by atoms with E-state index in [1.165, 1.54) is 20.0 Å². The molecule has 14 heavy (non-hydrogen) atoms. The Labute approximate surface area is 85.8 Å². The van der Waals surface area contributed by atoms with E-state index in [1.54, 1.807) is 0 Å². The lowest BCUT2D eigenvalue weighted by molar-refractivity contribution is -0.142. The molecule has 0 amide bonds. The molecule has 0 heterocycles. The fourth-order valence-electron chi connectivity index (χ4n) is 1.05. The molecule has 3 heteroatoms. The topological polar surface area (TPSA) is 46.5 Å². The molecule has 0 aromatic carbocycles. The lowest BCUT2D eigenvalue weighted by Crippen LogP contribution is -2.13. The van der Waals surface area contributed by atoms with Crippen molar-refractivity contribution in [1.82, 2.24) is 0 Å². The third-order valence-corrected chi connectivity index (χ3v) is 1.93. The minimum atomic E-state index is -0.611. The average Bonchev–Trinajstić information content (AvgIpc) is 2.17. The highest BCUT2D eigenvalue weighted by Gasteiger charge is 2.08. The first-order valence-corrected chi connectivity index (χ1v) is 5.10. The van der Waals surface area contributed by atoms with Crippen LogP contribution in [0.25, 0.3) is 0 Å². The molecule has 0 aliphatic heterocycles. The molecule has 0 saturated heterocycles. The number of carbonyl (C=O) groups is 1. The van der Waals surface area contributed by atoms with Crippen molar-refractivity contribution >= 4 is 5.97 Å². The van der Waals surface area contributed by atoms with Crippen LogP contribution in [0.15, 0.2) is 12.2 Å². The number of allylic oxidation sites excluding steroid dienone is 1. The Morgan fingerprint density at radius 3 is 2.79 bits per heavy atom. The first-order valence-electron chi connectivity index (χ1n) is 5.10. The van der Waals surface area contributed by atoms with E-state index in [4.69, 9.17) is 0 Å². The second kappa shape index (κ2) is 8.75. The van der Waals surface area contributed by atoms with Gasteiger partial charge in [-0.2, -0.15) is 0 Å². The van der Waals surface area contributed by atoms with Crippen LogP contribution >= 0.6 is 0 Å². The third kappa shape index (κ3) is 7.80. The van der Waals surface area contributed by atoms with Crippen LogP contribution in [-0.2, 0) is 9.53 Å². The molecule has 1 atom stereocenters. The summed E-state index contributed by atoms with van der Waals surface area (Å²) in [6, 6.07) is 0. The summed E-state index contributed by atoms with van der Waals surface area (Å²) in [5.41, 5.74) is 0. The van der Waals surface area contributed by atoms with E-state index < -0.39 is 6.10 Å². The van der Waals surface area contributed by atoms with Crippen molar-refractivity contribution in [3.8, 4) is 0 Å². The van der Waals surface area contributed by atoms with Crippen molar-refractivity contribution < 1.29 is 14.6 Å². The van der Waals surface area contributed by atoms with Gasteiger partial charge in [-0.1, -0.05) is 31.9 Å². The maximum absolute atomic E-state index is 10.8. The molecule has 82 valence electrons. The molecule has 0 aliphatic carbocycles. The molecule has 3 nitrogen and oxygen atoms in total. The van der Waals surface area contributed by atoms with E-state index in [0.717, 1.165) is 6.42 Å². The summed E-state index contributed by atoms with van der Waals surface area (Å²) in [6.45, 7) is 2.14. The van der Waals surface area contributed by atoms with E-state index in [0.29, 0.717) is 6.42 Å². The van der Waals surface area contributed by atoms with Crippen molar-refractivity contribution in [2.75, 3.05) is 7.11 Å². The van der Waals surface area contributed by atoms with Crippen LogP contribution < -0.4 is 0 Å². The summed E-state index contributed by atoms with van der Waals surface area (Å²) in [6.07, 6.45) is 7.35. The van der Waals surface area contributed by atoms with Gasteiger partial charge in [0.2, 0.25) is 0 Å². The normalized spacial score (nSPS) is 13.1. The molecular weight excluding hydrogens is 180 g/mol. The van der Waals surface area contributed by atoms with E-state index >= 15 is 0 Å². The number of hydrogen-bond acceptors (Lipinski definition) is 3. The fourth-order valence-corrected chi connectivity index (χ4v) is 1.05. The van der Waals surface area contributed by atoms with Gasteiger partial charge in [0.15, 0.2) is 0 Å². The molecule has 0 saturated carbocycles. The molecule has 0 aromatic rings. The summed E-state index contributed by atoms with van der Waals surface area (Å²) in [5, 5.41) is 9.36. The Morgan fingerprint density at radius 2 is 2.21 bits per heavy atom. The quantitative estimate of drug-likeness (QED) is 0.388. The second-order valence-electron chi connectivity index (χ2n) is 3.28. The van der Waals surface area contributed by atoms with Crippen LogP contribution in [0.3, 0.4) is 0 Å². The summed E-state index contributed by atoms with van der Waals surface area (Å²) in [5.74, 6) is -0.362. The molecule has 0 bridgehead atoms. The summed E-state index contributed by atoms with van der Waals surface area (Å²) < 4.78 is 4.44. The zero-order valence-electron chi connectivity index (χ0n) is 9.03. The van der Waals surface area contributed by atoms with Gasteiger partial charge in [0.25, 0.3) is 0 Å². The molecule has 0 aromatic heterocycles. The maximum Gasteiger partial charge on any atom is 0.308 e. The zero-order chi connectivity index (χ0) is 10.8. The van der Waals surface area contributed by atoms with Crippen LogP contribution in [0.5, 0.6) is 0 Å². The van der Waals surface area contributed by atoms with Gasteiger partial charge < -0.3 is 9.84 Å². The molecule has 0 aliphatic rings. The van der Waals surface area contributed by atoms with E-state index in [1.807, 2.05) is 12.2 Å². The minimum absolute atomic E-state index is 0.0780. The highest BCUT2D eigenvalue weighted by molar-refractivity contribution is 5.69. The Bertz CT molecular complexity index is 175.